The summed E-state index contributed by atoms with van der Waals surface area (Å²) in [5, 5.41) is 18.3. The van der Waals surface area contributed by atoms with Gasteiger partial charge in [0.2, 0.25) is 0 Å². The number of aliphatic hydroxyl groups excluding tert-OH is 2. The molecule has 0 rings (SSSR count). The van der Waals surface area contributed by atoms with Gasteiger partial charge >= 0.3 is 11.9 Å². The Hall–Kier alpha value is -2.18. The van der Waals surface area contributed by atoms with Gasteiger partial charge in [0.15, 0.2) is 6.10 Å². The maximum Gasteiger partial charge on any atom is 0.306 e. The average Bonchev–Trinajstić information content (AvgIpc) is 3.12. The highest BCUT2D eigenvalue weighted by molar-refractivity contribution is 5.70. The Labute approximate surface area is 308 Å². The molecule has 0 spiro atoms. The van der Waals surface area contributed by atoms with E-state index in [-0.39, 0.29) is 31.6 Å². The number of rotatable bonds is 38. The summed E-state index contributed by atoms with van der Waals surface area (Å²) in [4.78, 5) is 24.3. The highest BCUT2D eigenvalue weighted by Crippen LogP contribution is 2.15. The van der Waals surface area contributed by atoms with Crippen LogP contribution in [0.1, 0.15) is 193 Å². The smallest absolute Gasteiger partial charge is 0.306 e. The molecule has 0 fully saturated rings. The van der Waals surface area contributed by atoms with E-state index in [1.165, 1.54) is 96.3 Å². The third-order valence-electron chi connectivity index (χ3n) is 8.93. The molecule has 0 aliphatic heterocycles. The summed E-state index contributed by atoms with van der Waals surface area (Å²) in [7, 11) is 0. The molecule has 2 N–H and O–H groups in total. The van der Waals surface area contributed by atoms with Crippen molar-refractivity contribution in [3.05, 3.63) is 48.6 Å². The molecular weight excluding hydrogens is 624 g/mol. The van der Waals surface area contributed by atoms with E-state index in [0.29, 0.717) is 19.4 Å². The van der Waals surface area contributed by atoms with Crippen LogP contribution in [0, 0.1) is 0 Å². The van der Waals surface area contributed by atoms with E-state index in [4.69, 9.17) is 14.6 Å². The molecule has 0 saturated heterocycles. The average molecular weight is 703 g/mol. The van der Waals surface area contributed by atoms with E-state index in [0.717, 1.165) is 70.6 Å². The summed E-state index contributed by atoms with van der Waals surface area (Å²) >= 11 is 0. The van der Waals surface area contributed by atoms with Crippen LogP contribution in [-0.2, 0) is 19.1 Å². The van der Waals surface area contributed by atoms with Crippen molar-refractivity contribution in [2.75, 3.05) is 19.8 Å². The first-order valence-corrected chi connectivity index (χ1v) is 20.8. The van der Waals surface area contributed by atoms with Crippen LogP contribution in [0.4, 0.5) is 0 Å². The van der Waals surface area contributed by atoms with Crippen molar-refractivity contribution in [3.8, 4) is 0 Å². The van der Waals surface area contributed by atoms with Gasteiger partial charge in [0.05, 0.1) is 6.61 Å². The predicted molar refractivity (Wildman–Crippen MR) is 211 cm³/mol. The van der Waals surface area contributed by atoms with Crippen molar-refractivity contribution < 1.29 is 29.3 Å². The number of esters is 2. The summed E-state index contributed by atoms with van der Waals surface area (Å²) in [5.41, 5.74) is 0. The first-order chi connectivity index (χ1) is 24.6. The fraction of sp³-hybridized carbons (Fsp3) is 0.773. The van der Waals surface area contributed by atoms with Gasteiger partial charge in [-0.2, -0.15) is 0 Å². The zero-order chi connectivity index (χ0) is 36.4. The molecule has 0 aromatic heterocycles. The van der Waals surface area contributed by atoms with Gasteiger partial charge < -0.3 is 19.7 Å². The number of hydrogen-bond acceptors (Lipinski definition) is 6. The fourth-order valence-corrected chi connectivity index (χ4v) is 5.76. The van der Waals surface area contributed by atoms with Crippen LogP contribution in [0.15, 0.2) is 48.6 Å². The van der Waals surface area contributed by atoms with Crippen LogP contribution in [0.5, 0.6) is 0 Å². The van der Waals surface area contributed by atoms with Crippen molar-refractivity contribution in [3.63, 3.8) is 0 Å². The van der Waals surface area contributed by atoms with Crippen molar-refractivity contribution in [1.82, 2.24) is 0 Å². The molecule has 0 radical (unpaired) electrons. The standard InChI is InChI=1S/C44H78O6/c1-2-3-4-5-6-7-8-9-10-11-13-16-19-22-25-28-31-34-37-43(47)49-41-42(40-46)50-44(48)38-35-32-29-26-23-20-17-14-12-15-18-21-24-27-30-33-36-39-45/h12,15,17,20-21,24,26,29,42,45-46H,2-11,13-14,16,18-19,22-23,25,27-28,30-41H2,1H3/b15-12-,20-17-,24-21-,29-26-/t42-/m0/s1. The molecule has 0 aliphatic carbocycles. The molecule has 0 amide bonds. The topological polar surface area (TPSA) is 93.1 Å². The lowest BCUT2D eigenvalue weighted by Gasteiger charge is -2.15. The maximum absolute atomic E-state index is 12.2. The van der Waals surface area contributed by atoms with Gasteiger partial charge in [0.25, 0.3) is 0 Å². The van der Waals surface area contributed by atoms with Crippen LogP contribution in [0.25, 0.3) is 0 Å². The maximum atomic E-state index is 12.2. The first kappa shape index (κ1) is 47.8. The molecule has 6 nitrogen and oxygen atoms in total. The summed E-state index contributed by atoms with van der Waals surface area (Å²) in [6.07, 6.45) is 49.1. The quantitative estimate of drug-likeness (QED) is 0.0378. The van der Waals surface area contributed by atoms with Gasteiger partial charge in [-0.3, -0.25) is 9.59 Å². The summed E-state index contributed by atoms with van der Waals surface area (Å²) in [6.45, 7) is 2.12. The lowest BCUT2D eigenvalue weighted by Crippen LogP contribution is -2.28. The molecule has 0 bridgehead atoms. The Balaban J connectivity index is 3.62. The molecular formula is C44H78O6. The Morgan fingerprint density at radius 2 is 0.880 bits per heavy atom. The van der Waals surface area contributed by atoms with E-state index in [1.807, 2.05) is 0 Å². The van der Waals surface area contributed by atoms with E-state index in [2.05, 4.69) is 55.5 Å². The number of carbonyl (C=O) groups excluding carboxylic acids is 2. The highest BCUT2D eigenvalue weighted by Gasteiger charge is 2.16. The molecule has 6 heteroatoms. The van der Waals surface area contributed by atoms with Gasteiger partial charge in [-0.15, -0.1) is 0 Å². The van der Waals surface area contributed by atoms with Gasteiger partial charge in [-0.25, -0.2) is 0 Å². The SMILES string of the molecule is CCCCCCCCCCCCCCCCCCCCC(=O)OC[C@H](CO)OC(=O)CCC/C=C\C/C=C\C/C=C\C/C=C\CCCCCO. The Kier molecular flexibility index (Phi) is 39.4. The minimum atomic E-state index is -0.806. The number of unbranched alkanes of at least 4 members (excludes halogenated alkanes) is 21. The number of ether oxygens (including phenoxy) is 2. The van der Waals surface area contributed by atoms with E-state index in [1.54, 1.807) is 0 Å². The number of aliphatic hydroxyl groups is 2. The van der Waals surface area contributed by atoms with Crippen molar-refractivity contribution in [2.24, 2.45) is 0 Å². The number of allylic oxidation sites excluding steroid dienone is 8. The van der Waals surface area contributed by atoms with Gasteiger partial charge in [0.1, 0.15) is 6.61 Å². The Morgan fingerprint density at radius 1 is 0.480 bits per heavy atom. The summed E-state index contributed by atoms with van der Waals surface area (Å²) in [6, 6.07) is 0. The van der Waals surface area contributed by atoms with Crippen LogP contribution in [-0.4, -0.2) is 48.1 Å². The second-order valence-electron chi connectivity index (χ2n) is 13.8. The van der Waals surface area contributed by atoms with Crippen molar-refractivity contribution in [1.29, 1.82) is 0 Å². The van der Waals surface area contributed by atoms with Gasteiger partial charge in [0, 0.05) is 19.4 Å². The van der Waals surface area contributed by atoms with Crippen LogP contribution in [0.3, 0.4) is 0 Å². The summed E-state index contributed by atoms with van der Waals surface area (Å²) in [5.74, 6) is -0.666. The lowest BCUT2D eigenvalue weighted by atomic mass is 10.0. The van der Waals surface area contributed by atoms with Gasteiger partial charge in [-0.1, -0.05) is 171 Å². The first-order valence-electron chi connectivity index (χ1n) is 20.8. The third-order valence-corrected chi connectivity index (χ3v) is 8.93. The Bertz CT molecular complexity index is 845. The number of hydrogen-bond donors (Lipinski definition) is 2. The number of carbonyl (C=O) groups is 2. The lowest BCUT2D eigenvalue weighted by molar-refractivity contribution is -0.161. The van der Waals surface area contributed by atoms with Crippen LogP contribution in [0.2, 0.25) is 0 Å². The van der Waals surface area contributed by atoms with Crippen molar-refractivity contribution in [2.45, 2.75) is 199 Å². The minimum absolute atomic E-state index is 0.0929. The van der Waals surface area contributed by atoms with E-state index >= 15 is 0 Å². The van der Waals surface area contributed by atoms with Crippen LogP contribution < -0.4 is 0 Å². The molecule has 0 heterocycles. The third kappa shape index (κ3) is 38.6. The molecule has 290 valence electrons. The van der Waals surface area contributed by atoms with Crippen molar-refractivity contribution >= 4 is 11.9 Å². The van der Waals surface area contributed by atoms with Crippen LogP contribution >= 0.6 is 0 Å². The monoisotopic (exact) mass is 703 g/mol. The fourth-order valence-electron chi connectivity index (χ4n) is 5.76. The molecule has 0 aromatic carbocycles. The zero-order valence-corrected chi connectivity index (χ0v) is 32.4. The molecule has 0 aliphatic rings. The summed E-state index contributed by atoms with van der Waals surface area (Å²) < 4.78 is 10.6. The molecule has 1 atom stereocenters. The molecule has 0 saturated carbocycles. The second-order valence-corrected chi connectivity index (χ2v) is 13.8. The largest absolute Gasteiger partial charge is 0.462 e. The predicted octanol–water partition coefficient (Wildman–Crippen LogP) is 12.0. The highest BCUT2D eigenvalue weighted by atomic mass is 16.6. The van der Waals surface area contributed by atoms with E-state index in [9.17, 15) is 14.7 Å². The molecule has 0 aromatic rings. The molecule has 50 heavy (non-hydrogen) atoms. The minimum Gasteiger partial charge on any atom is -0.462 e. The van der Waals surface area contributed by atoms with E-state index < -0.39 is 6.10 Å². The van der Waals surface area contributed by atoms with Gasteiger partial charge in [-0.05, 0) is 57.8 Å². The zero-order valence-electron chi connectivity index (χ0n) is 32.4. The normalized spacial score (nSPS) is 12.6. The Morgan fingerprint density at radius 3 is 1.34 bits per heavy atom. The second kappa shape index (κ2) is 41.2. The molecule has 0 unspecified atom stereocenters.